The number of hydrogen-bond donors (Lipinski definition) is 3. The molecule has 0 radical (unpaired) electrons. The van der Waals surface area contributed by atoms with Crippen LogP contribution in [0.3, 0.4) is 0 Å². The fraction of sp³-hybridized carbons (Fsp3) is 0.188. The molecule has 2 aromatic rings. The molecule has 0 spiro atoms. The topological polar surface area (TPSA) is 69.6 Å². The normalized spacial score (nSPS) is 13.5. The molecule has 2 aromatic carbocycles. The molecule has 0 saturated carbocycles. The molecular weight excluding hydrogens is 334 g/mol. The van der Waals surface area contributed by atoms with E-state index in [2.05, 4.69) is 21.2 Å². The van der Waals surface area contributed by atoms with Crippen LogP contribution in [0, 0.1) is 0 Å². The van der Waals surface area contributed by atoms with Crippen molar-refractivity contribution in [2.24, 2.45) is 0 Å². The molecule has 5 heteroatoms. The summed E-state index contributed by atoms with van der Waals surface area (Å²) >= 11 is 3.33. The standard InChI is InChI=1S/C16H16BrNO3/c17-13-8-6-11(7-9-13)14(10-19)18-16(21)15(20)12-4-2-1-3-5-12/h1-9,14-15,19-20H,10H2,(H,18,21)/t14-,15+/m1/s1. The van der Waals surface area contributed by atoms with E-state index in [9.17, 15) is 15.0 Å². The van der Waals surface area contributed by atoms with E-state index in [1.165, 1.54) is 0 Å². The maximum atomic E-state index is 12.1. The Hall–Kier alpha value is -1.69. The van der Waals surface area contributed by atoms with Gasteiger partial charge in [-0.3, -0.25) is 4.79 Å². The first-order valence-electron chi connectivity index (χ1n) is 6.51. The van der Waals surface area contributed by atoms with Crippen LogP contribution in [0.1, 0.15) is 23.3 Å². The Bertz CT molecular complexity index is 586. The molecule has 0 unspecified atom stereocenters. The van der Waals surface area contributed by atoms with Crippen molar-refractivity contribution in [1.82, 2.24) is 5.32 Å². The highest BCUT2D eigenvalue weighted by Crippen LogP contribution is 2.19. The molecule has 0 bridgehead atoms. The first-order valence-corrected chi connectivity index (χ1v) is 7.31. The van der Waals surface area contributed by atoms with Gasteiger partial charge in [-0.05, 0) is 23.3 Å². The van der Waals surface area contributed by atoms with Gasteiger partial charge in [0.15, 0.2) is 6.10 Å². The second kappa shape index (κ2) is 7.36. The molecule has 2 rings (SSSR count). The number of nitrogens with one attached hydrogen (secondary N) is 1. The van der Waals surface area contributed by atoms with Crippen LogP contribution in [0.4, 0.5) is 0 Å². The lowest BCUT2D eigenvalue weighted by atomic mass is 10.1. The molecule has 0 aliphatic carbocycles. The van der Waals surface area contributed by atoms with Gasteiger partial charge in [0.2, 0.25) is 0 Å². The average molecular weight is 350 g/mol. The first-order chi connectivity index (χ1) is 10.1. The highest BCUT2D eigenvalue weighted by molar-refractivity contribution is 9.10. The van der Waals surface area contributed by atoms with E-state index < -0.39 is 18.1 Å². The highest BCUT2D eigenvalue weighted by Gasteiger charge is 2.21. The lowest BCUT2D eigenvalue weighted by molar-refractivity contribution is -0.130. The number of hydrogen-bond acceptors (Lipinski definition) is 3. The van der Waals surface area contributed by atoms with Crippen LogP contribution in [0.5, 0.6) is 0 Å². The van der Waals surface area contributed by atoms with Crippen LogP contribution in [0.15, 0.2) is 59.1 Å². The number of carbonyl (C=O) groups excluding carboxylic acids is 1. The van der Waals surface area contributed by atoms with Crippen molar-refractivity contribution in [3.8, 4) is 0 Å². The van der Waals surface area contributed by atoms with E-state index in [-0.39, 0.29) is 6.61 Å². The zero-order chi connectivity index (χ0) is 15.2. The van der Waals surface area contributed by atoms with Crippen LogP contribution in [0.25, 0.3) is 0 Å². The first kappa shape index (κ1) is 15.7. The van der Waals surface area contributed by atoms with Gasteiger partial charge >= 0.3 is 0 Å². The summed E-state index contributed by atoms with van der Waals surface area (Å²) in [5, 5.41) is 22.1. The predicted octanol–water partition coefficient (Wildman–Crippen LogP) is 2.33. The summed E-state index contributed by atoms with van der Waals surface area (Å²) in [4.78, 5) is 12.1. The fourth-order valence-corrected chi connectivity index (χ4v) is 2.23. The molecule has 0 aromatic heterocycles. The van der Waals surface area contributed by atoms with Gasteiger partial charge in [0.1, 0.15) is 0 Å². The molecule has 0 aliphatic heterocycles. The highest BCUT2D eigenvalue weighted by atomic mass is 79.9. The number of benzene rings is 2. The summed E-state index contributed by atoms with van der Waals surface area (Å²) in [7, 11) is 0. The van der Waals surface area contributed by atoms with Crippen LogP contribution >= 0.6 is 15.9 Å². The van der Waals surface area contributed by atoms with E-state index in [1.54, 1.807) is 36.4 Å². The van der Waals surface area contributed by atoms with E-state index in [4.69, 9.17) is 0 Å². The summed E-state index contributed by atoms with van der Waals surface area (Å²) in [5.74, 6) is -0.539. The third-order valence-electron chi connectivity index (χ3n) is 3.14. The van der Waals surface area contributed by atoms with Crippen molar-refractivity contribution in [3.63, 3.8) is 0 Å². The minimum atomic E-state index is -1.25. The van der Waals surface area contributed by atoms with Crippen LogP contribution in [-0.2, 0) is 4.79 Å². The number of halogens is 1. The summed E-state index contributed by atoms with van der Waals surface area (Å²) < 4.78 is 0.915. The molecule has 0 heterocycles. The number of amides is 1. The lowest BCUT2D eigenvalue weighted by Crippen LogP contribution is -2.34. The molecule has 110 valence electrons. The third kappa shape index (κ3) is 4.14. The monoisotopic (exact) mass is 349 g/mol. The van der Waals surface area contributed by atoms with Crippen LogP contribution in [0.2, 0.25) is 0 Å². The van der Waals surface area contributed by atoms with Gasteiger partial charge in [0.25, 0.3) is 5.91 Å². The zero-order valence-electron chi connectivity index (χ0n) is 11.2. The minimum absolute atomic E-state index is 0.241. The molecule has 0 saturated heterocycles. The van der Waals surface area contributed by atoms with Gasteiger partial charge in [-0.25, -0.2) is 0 Å². The van der Waals surface area contributed by atoms with Crippen molar-refractivity contribution in [3.05, 3.63) is 70.2 Å². The Morgan fingerprint density at radius 1 is 1.05 bits per heavy atom. The molecule has 1 amide bonds. The zero-order valence-corrected chi connectivity index (χ0v) is 12.8. The van der Waals surface area contributed by atoms with Gasteiger partial charge < -0.3 is 15.5 Å². The molecular formula is C16H16BrNO3. The quantitative estimate of drug-likeness (QED) is 0.775. The van der Waals surface area contributed by atoms with Crippen molar-refractivity contribution in [2.75, 3.05) is 6.61 Å². The number of rotatable bonds is 5. The van der Waals surface area contributed by atoms with E-state index in [0.29, 0.717) is 5.56 Å². The molecule has 3 N–H and O–H groups in total. The third-order valence-corrected chi connectivity index (χ3v) is 3.66. The molecule has 0 fully saturated rings. The summed E-state index contributed by atoms with van der Waals surface area (Å²) in [6.07, 6.45) is -1.25. The van der Waals surface area contributed by atoms with Crippen molar-refractivity contribution < 1.29 is 15.0 Å². The summed E-state index contributed by atoms with van der Waals surface area (Å²) in [5.41, 5.74) is 1.29. The summed E-state index contributed by atoms with van der Waals surface area (Å²) in [6.45, 7) is -0.241. The second-order valence-electron chi connectivity index (χ2n) is 4.61. The minimum Gasteiger partial charge on any atom is -0.394 e. The van der Waals surface area contributed by atoms with Gasteiger partial charge in [-0.15, -0.1) is 0 Å². The number of carbonyl (C=O) groups is 1. The fourth-order valence-electron chi connectivity index (χ4n) is 1.97. The van der Waals surface area contributed by atoms with Gasteiger partial charge in [-0.1, -0.05) is 58.4 Å². The second-order valence-corrected chi connectivity index (χ2v) is 5.52. The Morgan fingerprint density at radius 3 is 2.24 bits per heavy atom. The van der Waals surface area contributed by atoms with Gasteiger partial charge in [0.05, 0.1) is 12.6 Å². The molecule has 21 heavy (non-hydrogen) atoms. The lowest BCUT2D eigenvalue weighted by Gasteiger charge is -2.19. The average Bonchev–Trinajstić information content (AvgIpc) is 2.53. The maximum Gasteiger partial charge on any atom is 0.254 e. The Kier molecular flexibility index (Phi) is 5.50. The molecule has 0 aliphatic rings. The van der Waals surface area contributed by atoms with Gasteiger partial charge in [0, 0.05) is 4.47 Å². The smallest absolute Gasteiger partial charge is 0.254 e. The Morgan fingerprint density at radius 2 is 1.67 bits per heavy atom. The number of aliphatic hydroxyl groups is 2. The van der Waals surface area contributed by atoms with E-state index >= 15 is 0 Å². The SMILES string of the molecule is O=C(N[C@H](CO)c1ccc(Br)cc1)[C@@H](O)c1ccccc1. The van der Waals surface area contributed by atoms with E-state index in [0.717, 1.165) is 10.0 Å². The Labute approximate surface area is 131 Å². The summed E-state index contributed by atoms with van der Waals surface area (Å²) in [6, 6.07) is 15.4. The van der Waals surface area contributed by atoms with Crippen molar-refractivity contribution >= 4 is 21.8 Å². The Balaban J connectivity index is 2.08. The van der Waals surface area contributed by atoms with Crippen LogP contribution < -0.4 is 5.32 Å². The van der Waals surface area contributed by atoms with Crippen LogP contribution in [-0.4, -0.2) is 22.7 Å². The number of aliphatic hydroxyl groups excluding tert-OH is 2. The van der Waals surface area contributed by atoms with Crippen molar-refractivity contribution in [1.29, 1.82) is 0 Å². The predicted molar refractivity (Wildman–Crippen MR) is 83.5 cm³/mol. The van der Waals surface area contributed by atoms with Crippen molar-refractivity contribution in [2.45, 2.75) is 12.1 Å². The van der Waals surface area contributed by atoms with E-state index in [1.807, 2.05) is 18.2 Å². The molecule has 4 nitrogen and oxygen atoms in total. The molecule has 2 atom stereocenters. The largest absolute Gasteiger partial charge is 0.394 e. The van der Waals surface area contributed by atoms with Gasteiger partial charge in [-0.2, -0.15) is 0 Å². The maximum absolute atomic E-state index is 12.1.